The maximum Gasteiger partial charge on any atom is 0.0663 e. The molecule has 2 rings (SSSR count). The lowest BCUT2D eigenvalue weighted by molar-refractivity contribution is 0.209. The van der Waals surface area contributed by atoms with Gasteiger partial charge in [0.1, 0.15) is 0 Å². The predicted molar refractivity (Wildman–Crippen MR) is 58.7 cm³/mol. The highest BCUT2D eigenvalue weighted by atomic mass is 15.0. The molecule has 0 aliphatic heterocycles. The topological polar surface area (TPSA) is 38.0 Å². The van der Waals surface area contributed by atoms with Crippen LogP contribution in [0.1, 0.15) is 32.6 Å². The summed E-state index contributed by atoms with van der Waals surface area (Å²) in [6.45, 7) is 2.78. The highest BCUT2D eigenvalue weighted by Crippen LogP contribution is 2.50. The van der Waals surface area contributed by atoms with E-state index in [0.717, 1.165) is 18.4 Å². The van der Waals surface area contributed by atoms with Crippen LogP contribution < -0.4 is 11.1 Å². The Balaban J connectivity index is 2.08. The van der Waals surface area contributed by atoms with Crippen LogP contribution in [0.5, 0.6) is 0 Å². The van der Waals surface area contributed by atoms with Crippen molar-refractivity contribution in [3.8, 4) is 12.3 Å². The monoisotopic (exact) mass is 192 g/mol. The molecule has 0 spiro atoms. The molecular weight excluding hydrogens is 172 g/mol. The highest BCUT2D eigenvalue weighted by molar-refractivity contribution is 5.10. The van der Waals surface area contributed by atoms with E-state index in [1.807, 2.05) is 6.92 Å². The lowest BCUT2D eigenvalue weighted by Crippen LogP contribution is -2.57. The molecule has 0 aromatic rings. The number of hydrogen-bond acceptors (Lipinski definition) is 2. The molecule has 78 valence electrons. The van der Waals surface area contributed by atoms with Gasteiger partial charge in [0.25, 0.3) is 0 Å². The summed E-state index contributed by atoms with van der Waals surface area (Å²) in [6.07, 6.45) is 10.7. The summed E-state index contributed by atoms with van der Waals surface area (Å²) in [4.78, 5) is 0. The van der Waals surface area contributed by atoms with E-state index in [-0.39, 0.29) is 11.6 Å². The van der Waals surface area contributed by atoms with Gasteiger partial charge < -0.3 is 5.73 Å². The molecule has 0 aromatic carbocycles. The van der Waals surface area contributed by atoms with Crippen molar-refractivity contribution < 1.29 is 0 Å². The van der Waals surface area contributed by atoms with Gasteiger partial charge in [-0.15, -0.1) is 6.42 Å². The van der Waals surface area contributed by atoms with E-state index in [1.54, 1.807) is 0 Å². The van der Waals surface area contributed by atoms with Gasteiger partial charge in [-0.1, -0.05) is 12.3 Å². The minimum Gasteiger partial charge on any atom is -0.329 e. The van der Waals surface area contributed by atoms with Crippen LogP contribution in [-0.4, -0.2) is 18.1 Å². The Bertz CT molecular complexity index is 256. The molecule has 0 aromatic heterocycles. The van der Waals surface area contributed by atoms with Crippen LogP contribution in [-0.2, 0) is 0 Å². The normalized spacial score (nSPS) is 42.4. The van der Waals surface area contributed by atoms with Gasteiger partial charge in [0, 0.05) is 12.1 Å². The number of rotatable bonds is 3. The summed E-state index contributed by atoms with van der Waals surface area (Å²) in [5, 5.41) is 3.56. The largest absolute Gasteiger partial charge is 0.329 e. The van der Waals surface area contributed by atoms with Gasteiger partial charge in [0.05, 0.1) is 6.04 Å². The molecule has 4 unspecified atom stereocenters. The zero-order valence-corrected chi connectivity index (χ0v) is 8.92. The van der Waals surface area contributed by atoms with Crippen molar-refractivity contribution in [3.05, 3.63) is 0 Å². The molecule has 2 saturated carbocycles. The van der Waals surface area contributed by atoms with Gasteiger partial charge in [0.15, 0.2) is 0 Å². The van der Waals surface area contributed by atoms with Gasteiger partial charge in [-0.25, -0.2) is 0 Å². The van der Waals surface area contributed by atoms with Crippen LogP contribution in [0.15, 0.2) is 0 Å². The van der Waals surface area contributed by atoms with E-state index < -0.39 is 0 Å². The quantitative estimate of drug-likeness (QED) is 0.658. The van der Waals surface area contributed by atoms with Crippen molar-refractivity contribution in [2.75, 3.05) is 6.54 Å². The minimum absolute atomic E-state index is 0.151. The fourth-order valence-corrected chi connectivity index (χ4v) is 3.40. The van der Waals surface area contributed by atoms with Gasteiger partial charge in [-0.05, 0) is 38.0 Å². The molecule has 2 bridgehead atoms. The third-order valence-electron chi connectivity index (χ3n) is 4.09. The molecule has 4 atom stereocenters. The third-order valence-corrected chi connectivity index (χ3v) is 4.09. The number of hydrogen-bond donors (Lipinski definition) is 2. The second-order valence-electron chi connectivity index (χ2n) is 4.97. The molecule has 3 N–H and O–H groups in total. The number of nitrogens with one attached hydrogen (secondary N) is 1. The first-order valence-electron chi connectivity index (χ1n) is 5.64. The highest BCUT2D eigenvalue weighted by Gasteiger charge is 2.50. The minimum atomic E-state index is 0.151. The molecular formula is C12H20N2. The Labute approximate surface area is 86.6 Å². The molecule has 2 nitrogen and oxygen atoms in total. The second kappa shape index (κ2) is 3.56. The van der Waals surface area contributed by atoms with Crippen molar-refractivity contribution >= 4 is 0 Å². The van der Waals surface area contributed by atoms with E-state index in [2.05, 4.69) is 11.2 Å². The molecule has 0 radical (unpaired) electrons. The summed E-state index contributed by atoms with van der Waals surface area (Å²) in [6, 6.07) is 0.151. The first-order valence-corrected chi connectivity index (χ1v) is 5.64. The van der Waals surface area contributed by atoms with Gasteiger partial charge in [0.2, 0.25) is 0 Å². The third kappa shape index (κ3) is 1.45. The maximum absolute atomic E-state index is 5.93. The molecule has 2 fully saturated rings. The van der Waals surface area contributed by atoms with Crippen LogP contribution in [0.3, 0.4) is 0 Å². The second-order valence-corrected chi connectivity index (χ2v) is 4.97. The Hall–Kier alpha value is -0.520. The van der Waals surface area contributed by atoms with Crippen molar-refractivity contribution in [2.24, 2.45) is 17.6 Å². The zero-order chi connectivity index (χ0) is 10.2. The summed E-state index contributed by atoms with van der Waals surface area (Å²) in [7, 11) is 0. The Morgan fingerprint density at radius 2 is 2.43 bits per heavy atom. The van der Waals surface area contributed by atoms with Crippen molar-refractivity contribution in [1.82, 2.24) is 5.32 Å². The van der Waals surface area contributed by atoms with Crippen molar-refractivity contribution in [3.63, 3.8) is 0 Å². The molecule has 2 heteroatoms. The first-order chi connectivity index (χ1) is 6.70. The van der Waals surface area contributed by atoms with E-state index in [0.29, 0.717) is 0 Å². The van der Waals surface area contributed by atoms with E-state index in [1.165, 1.54) is 25.7 Å². The Morgan fingerprint density at radius 3 is 2.86 bits per heavy atom. The average molecular weight is 192 g/mol. The van der Waals surface area contributed by atoms with Crippen LogP contribution in [0.4, 0.5) is 0 Å². The lowest BCUT2D eigenvalue weighted by atomic mass is 9.80. The molecule has 14 heavy (non-hydrogen) atoms. The first kappa shape index (κ1) is 10.0. The molecule has 2 aliphatic rings. The molecule has 2 aliphatic carbocycles. The molecule has 0 amide bonds. The average Bonchev–Trinajstić information content (AvgIpc) is 2.77. The van der Waals surface area contributed by atoms with E-state index in [4.69, 9.17) is 12.2 Å². The smallest absolute Gasteiger partial charge is 0.0663 e. The SMILES string of the molecule is C#CC(C)NC1(CN)CC2CCC1C2. The fraction of sp³-hybridized carbons (Fsp3) is 0.833. The number of nitrogens with two attached hydrogens (primary N) is 1. The Kier molecular flexibility index (Phi) is 2.55. The van der Waals surface area contributed by atoms with Crippen molar-refractivity contribution in [1.29, 1.82) is 0 Å². The van der Waals surface area contributed by atoms with Gasteiger partial charge >= 0.3 is 0 Å². The Morgan fingerprint density at radius 1 is 1.64 bits per heavy atom. The maximum atomic E-state index is 5.93. The summed E-state index contributed by atoms with van der Waals surface area (Å²) < 4.78 is 0. The summed E-state index contributed by atoms with van der Waals surface area (Å²) in [5.74, 6) is 4.42. The molecule has 0 saturated heterocycles. The van der Waals surface area contributed by atoms with E-state index >= 15 is 0 Å². The van der Waals surface area contributed by atoms with Gasteiger partial charge in [-0.2, -0.15) is 0 Å². The summed E-state index contributed by atoms with van der Waals surface area (Å²) in [5.41, 5.74) is 6.09. The fourth-order valence-electron chi connectivity index (χ4n) is 3.40. The van der Waals surface area contributed by atoms with Crippen LogP contribution in [0.25, 0.3) is 0 Å². The predicted octanol–water partition coefficient (Wildman–Crippen LogP) is 1.12. The lowest BCUT2D eigenvalue weighted by Gasteiger charge is -2.39. The number of fused-ring (bicyclic) bond motifs is 2. The van der Waals surface area contributed by atoms with Crippen molar-refractivity contribution in [2.45, 2.75) is 44.2 Å². The zero-order valence-electron chi connectivity index (χ0n) is 8.92. The standard InChI is InChI=1S/C12H20N2/c1-3-9(2)14-12(8-13)7-10-4-5-11(12)6-10/h1,9-11,14H,4-8,13H2,2H3. The van der Waals surface area contributed by atoms with E-state index in [9.17, 15) is 0 Å². The number of terminal acetylenes is 1. The summed E-state index contributed by atoms with van der Waals surface area (Å²) >= 11 is 0. The van der Waals surface area contributed by atoms with Crippen LogP contribution >= 0.6 is 0 Å². The van der Waals surface area contributed by atoms with Crippen LogP contribution in [0.2, 0.25) is 0 Å². The van der Waals surface area contributed by atoms with Gasteiger partial charge in [-0.3, -0.25) is 5.32 Å². The molecule has 0 heterocycles. The van der Waals surface area contributed by atoms with Crippen LogP contribution in [0, 0.1) is 24.2 Å².